The maximum atomic E-state index is 10.4. The lowest BCUT2D eigenvalue weighted by Crippen LogP contribution is -2.54. The topological polar surface area (TPSA) is 63.3 Å². The number of carboxylic acids is 1. The van der Waals surface area contributed by atoms with Crippen LogP contribution in [0.3, 0.4) is 0 Å². The van der Waals surface area contributed by atoms with Crippen LogP contribution >= 0.6 is 12.4 Å². The fourth-order valence-corrected chi connectivity index (χ4v) is 1.61. The van der Waals surface area contributed by atoms with Gasteiger partial charge in [0.15, 0.2) is 0 Å². The molecule has 1 fully saturated rings. The number of hydrogen-bond donors (Lipinski definition) is 2. The van der Waals surface area contributed by atoms with E-state index in [-0.39, 0.29) is 36.2 Å². The summed E-state index contributed by atoms with van der Waals surface area (Å²) in [5.74, 6) is -0.440. The van der Waals surface area contributed by atoms with Crippen LogP contribution in [0, 0.1) is 11.3 Å². The second-order valence-electron chi connectivity index (χ2n) is 3.96. The van der Waals surface area contributed by atoms with E-state index in [9.17, 15) is 4.79 Å². The fraction of sp³-hybridized carbons (Fsp3) is 0.875. The van der Waals surface area contributed by atoms with Gasteiger partial charge in [-0.3, -0.25) is 4.79 Å². The van der Waals surface area contributed by atoms with Crippen LogP contribution in [0.1, 0.15) is 26.7 Å². The molecular formula is C8H16ClNO2. The maximum absolute atomic E-state index is 10.4. The average molecular weight is 194 g/mol. The van der Waals surface area contributed by atoms with Gasteiger partial charge in [0.1, 0.15) is 0 Å². The van der Waals surface area contributed by atoms with Crippen molar-refractivity contribution in [2.45, 2.75) is 32.7 Å². The first-order valence-corrected chi connectivity index (χ1v) is 3.92. The van der Waals surface area contributed by atoms with Crippen molar-refractivity contribution in [1.29, 1.82) is 0 Å². The van der Waals surface area contributed by atoms with Crippen molar-refractivity contribution in [2.24, 2.45) is 17.1 Å². The Kier molecular flexibility index (Phi) is 3.54. The van der Waals surface area contributed by atoms with E-state index in [0.717, 1.165) is 6.42 Å². The standard InChI is InChI=1S/C8H15NO2.ClH/c1-8(2)5(3-6(8)9)4-7(10)11;/h5-6H,3-4,9H2,1-2H3,(H,10,11);1H. The molecule has 72 valence electrons. The molecule has 3 N–H and O–H groups in total. The van der Waals surface area contributed by atoms with Gasteiger partial charge in [0, 0.05) is 12.5 Å². The van der Waals surface area contributed by atoms with Crippen LogP contribution in [0.2, 0.25) is 0 Å². The number of rotatable bonds is 2. The van der Waals surface area contributed by atoms with E-state index in [4.69, 9.17) is 10.8 Å². The fourth-order valence-electron chi connectivity index (χ4n) is 1.61. The Labute approximate surface area is 78.7 Å². The van der Waals surface area contributed by atoms with Crippen molar-refractivity contribution >= 4 is 18.4 Å². The van der Waals surface area contributed by atoms with Crippen LogP contribution in [0.15, 0.2) is 0 Å². The zero-order chi connectivity index (χ0) is 8.65. The lowest BCUT2D eigenvalue weighted by atomic mass is 9.58. The molecule has 0 spiro atoms. The Morgan fingerprint density at radius 2 is 2.17 bits per heavy atom. The smallest absolute Gasteiger partial charge is 0.303 e. The molecule has 2 atom stereocenters. The summed E-state index contributed by atoms with van der Waals surface area (Å²) in [5.41, 5.74) is 5.76. The zero-order valence-corrected chi connectivity index (χ0v) is 8.23. The van der Waals surface area contributed by atoms with E-state index in [1.165, 1.54) is 0 Å². The van der Waals surface area contributed by atoms with E-state index in [2.05, 4.69) is 0 Å². The number of aliphatic carboxylic acids is 1. The van der Waals surface area contributed by atoms with Gasteiger partial charge in [0.2, 0.25) is 0 Å². The van der Waals surface area contributed by atoms with Crippen LogP contribution in [0.25, 0.3) is 0 Å². The van der Waals surface area contributed by atoms with Crippen LogP contribution in [-0.4, -0.2) is 17.1 Å². The van der Waals surface area contributed by atoms with Gasteiger partial charge in [-0.15, -0.1) is 12.4 Å². The highest BCUT2D eigenvalue weighted by Crippen LogP contribution is 2.46. The summed E-state index contributed by atoms with van der Waals surface area (Å²) in [6.45, 7) is 4.07. The number of hydrogen-bond acceptors (Lipinski definition) is 2. The molecule has 2 unspecified atom stereocenters. The predicted molar refractivity (Wildman–Crippen MR) is 49.4 cm³/mol. The van der Waals surface area contributed by atoms with Crippen LogP contribution < -0.4 is 5.73 Å². The molecule has 1 aliphatic carbocycles. The van der Waals surface area contributed by atoms with Crippen LogP contribution in [-0.2, 0) is 4.79 Å². The monoisotopic (exact) mass is 193 g/mol. The molecule has 0 aliphatic heterocycles. The average Bonchev–Trinajstić information content (AvgIpc) is 1.87. The molecule has 0 radical (unpaired) electrons. The van der Waals surface area contributed by atoms with Crippen molar-refractivity contribution in [3.63, 3.8) is 0 Å². The third-order valence-corrected chi connectivity index (χ3v) is 2.97. The van der Waals surface area contributed by atoms with Gasteiger partial charge in [-0.2, -0.15) is 0 Å². The summed E-state index contributed by atoms with van der Waals surface area (Å²) < 4.78 is 0. The SMILES string of the molecule is CC1(C)C(N)CC1CC(=O)O.Cl. The normalized spacial score (nSPS) is 31.6. The van der Waals surface area contributed by atoms with Gasteiger partial charge >= 0.3 is 5.97 Å². The summed E-state index contributed by atoms with van der Waals surface area (Å²) >= 11 is 0. The van der Waals surface area contributed by atoms with E-state index in [0.29, 0.717) is 0 Å². The molecule has 0 amide bonds. The van der Waals surface area contributed by atoms with E-state index >= 15 is 0 Å². The molecule has 0 aromatic rings. The first-order valence-electron chi connectivity index (χ1n) is 3.92. The second-order valence-corrected chi connectivity index (χ2v) is 3.96. The minimum atomic E-state index is -0.713. The molecule has 0 heterocycles. The van der Waals surface area contributed by atoms with Gasteiger partial charge in [-0.05, 0) is 17.8 Å². The van der Waals surface area contributed by atoms with Gasteiger partial charge in [0.25, 0.3) is 0 Å². The maximum Gasteiger partial charge on any atom is 0.303 e. The molecule has 0 aromatic heterocycles. The van der Waals surface area contributed by atoms with Crippen LogP contribution in [0.5, 0.6) is 0 Å². The van der Waals surface area contributed by atoms with Gasteiger partial charge in [0.05, 0.1) is 0 Å². The largest absolute Gasteiger partial charge is 0.481 e. The van der Waals surface area contributed by atoms with Crippen molar-refractivity contribution in [1.82, 2.24) is 0 Å². The lowest BCUT2D eigenvalue weighted by Gasteiger charge is -2.50. The molecule has 12 heavy (non-hydrogen) atoms. The zero-order valence-electron chi connectivity index (χ0n) is 7.41. The summed E-state index contributed by atoms with van der Waals surface area (Å²) in [6.07, 6.45) is 1.12. The molecular weight excluding hydrogens is 178 g/mol. The van der Waals surface area contributed by atoms with Gasteiger partial charge in [-0.25, -0.2) is 0 Å². The molecule has 0 saturated heterocycles. The number of halogens is 1. The predicted octanol–water partition coefficient (Wildman–Crippen LogP) is 1.26. The molecule has 1 aliphatic rings. The molecule has 4 heteroatoms. The minimum absolute atomic E-state index is 0. The van der Waals surface area contributed by atoms with Crippen molar-refractivity contribution in [3.05, 3.63) is 0 Å². The highest BCUT2D eigenvalue weighted by atomic mass is 35.5. The number of carboxylic acid groups (broad SMARTS) is 1. The second kappa shape index (κ2) is 3.62. The Morgan fingerprint density at radius 1 is 1.67 bits per heavy atom. The minimum Gasteiger partial charge on any atom is -0.481 e. The summed E-state index contributed by atoms with van der Waals surface area (Å²) in [5, 5.41) is 8.53. The van der Waals surface area contributed by atoms with Crippen LogP contribution in [0.4, 0.5) is 0 Å². The summed E-state index contributed by atoms with van der Waals surface area (Å²) in [4.78, 5) is 10.4. The summed E-state index contributed by atoms with van der Waals surface area (Å²) in [6, 6.07) is 0.187. The number of carbonyl (C=O) groups is 1. The van der Waals surface area contributed by atoms with Crippen molar-refractivity contribution in [3.8, 4) is 0 Å². The van der Waals surface area contributed by atoms with Crippen molar-refractivity contribution in [2.75, 3.05) is 0 Å². The van der Waals surface area contributed by atoms with Gasteiger partial charge < -0.3 is 10.8 Å². The van der Waals surface area contributed by atoms with E-state index < -0.39 is 5.97 Å². The molecule has 0 bridgehead atoms. The first kappa shape index (κ1) is 11.7. The molecule has 1 rings (SSSR count). The molecule has 0 aromatic carbocycles. The molecule has 1 saturated carbocycles. The third kappa shape index (κ3) is 1.90. The Bertz CT molecular complexity index is 182. The molecule has 3 nitrogen and oxygen atoms in total. The summed E-state index contributed by atoms with van der Waals surface area (Å²) in [7, 11) is 0. The lowest BCUT2D eigenvalue weighted by molar-refractivity contribution is -0.141. The van der Waals surface area contributed by atoms with Gasteiger partial charge in [-0.1, -0.05) is 13.8 Å². The van der Waals surface area contributed by atoms with Crippen molar-refractivity contribution < 1.29 is 9.90 Å². The Hall–Kier alpha value is -0.280. The first-order chi connectivity index (χ1) is 4.94. The quantitative estimate of drug-likeness (QED) is 0.694. The van der Waals surface area contributed by atoms with E-state index in [1.54, 1.807) is 0 Å². The Morgan fingerprint density at radius 3 is 2.42 bits per heavy atom. The highest BCUT2D eigenvalue weighted by molar-refractivity contribution is 5.85. The van der Waals surface area contributed by atoms with E-state index in [1.807, 2.05) is 13.8 Å². The Balaban J connectivity index is 0.00000121. The highest BCUT2D eigenvalue weighted by Gasteiger charge is 2.46. The third-order valence-electron chi connectivity index (χ3n) is 2.97. The number of nitrogens with two attached hydrogens (primary N) is 1.